The highest BCUT2D eigenvalue weighted by Gasteiger charge is 2.02. The molecule has 2 nitrogen and oxygen atoms in total. The van der Waals surface area contributed by atoms with Crippen LogP contribution in [-0.2, 0) is 0 Å². The standard InChI is InChI=1S/C16H34O2/c1-3-4-13-16(18)14-11-9-7-5-6-8-10-12-15(2)17/h15-18H,3-14H2,1-2H3. The number of hydrogen-bond donors (Lipinski definition) is 2. The Hall–Kier alpha value is -0.0800. The van der Waals surface area contributed by atoms with Crippen LogP contribution in [0.2, 0.25) is 0 Å². The quantitative estimate of drug-likeness (QED) is 0.480. The van der Waals surface area contributed by atoms with Gasteiger partial charge >= 0.3 is 0 Å². The minimum Gasteiger partial charge on any atom is -0.393 e. The molecule has 0 amide bonds. The van der Waals surface area contributed by atoms with Crippen molar-refractivity contribution in [2.24, 2.45) is 0 Å². The Kier molecular flexibility index (Phi) is 13.3. The topological polar surface area (TPSA) is 40.5 Å². The normalized spacial score (nSPS) is 14.7. The third kappa shape index (κ3) is 14.0. The van der Waals surface area contributed by atoms with Gasteiger partial charge in [-0.15, -0.1) is 0 Å². The molecule has 0 radical (unpaired) electrons. The summed E-state index contributed by atoms with van der Waals surface area (Å²) in [6.45, 7) is 4.04. The van der Waals surface area contributed by atoms with Gasteiger partial charge in [0.15, 0.2) is 0 Å². The van der Waals surface area contributed by atoms with Crippen LogP contribution in [0.1, 0.15) is 90.9 Å². The van der Waals surface area contributed by atoms with E-state index in [9.17, 15) is 5.11 Å². The Morgan fingerprint density at radius 1 is 0.667 bits per heavy atom. The van der Waals surface area contributed by atoms with E-state index in [1.54, 1.807) is 0 Å². The molecule has 0 spiro atoms. The van der Waals surface area contributed by atoms with E-state index < -0.39 is 0 Å². The van der Waals surface area contributed by atoms with Gasteiger partial charge in [-0.05, 0) is 26.2 Å². The fourth-order valence-corrected chi connectivity index (χ4v) is 2.29. The molecular weight excluding hydrogens is 224 g/mol. The van der Waals surface area contributed by atoms with Crippen LogP contribution in [0, 0.1) is 0 Å². The molecule has 110 valence electrons. The summed E-state index contributed by atoms with van der Waals surface area (Å²) in [6, 6.07) is 0. The van der Waals surface area contributed by atoms with Crippen LogP contribution < -0.4 is 0 Å². The van der Waals surface area contributed by atoms with Gasteiger partial charge in [-0.1, -0.05) is 64.7 Å². The third-order valence-electron chi connectivity index (χ3n) is 3.55. The van der Waals surface area contributed by atoms with Gasteiger partial charge < -0.3 is 10.2 Å². The second-order valence-electron chi connectivity index (χ2n) is 5.70. The first kappa shape index (κ1) is 17.9. The Morgan fingerprint density at radius 2 is 1.11 bits per heavy atom. The molecule has 0 aliphatic carbocycles. The van der Waals surface area contributed by atoms with Crippen molar-refractivity contribution < 1.29 is 10.2 Å². The van der Waals surface area contributed by atoms with Crippen molar-refractivity contribution in [3.8, 4) is 0 Å². The zero-order chi connectivity index (χ0) is 13.6. The van der Waals surface area contributed by atoms with Gasteiger partial charge in [-0.25, -0.2) is 0 Å². The first-order valence-electron chi connectivity index (χ1n) is 8.03. The van der Waals surface area contributed by atoms with E-state index in [1.165, 1.54) is 44.9 Å². The maximum absolute atomic E-state index is 9.68. The first-order chi connectivity index (χ1) is 8.66. The third-order valence-corrected chi connectivity index (χ3v) is 3.55. The Morgan fingerprint density at radius 3 is 1.61 bits per heavy atom. The van der Waals surface area contributed by atoms with Crippen molar-refractivity contribution in [3.05, 3.63) is 0 Å². The summed E-state index contributed by atoms with van der Waals surface area (Å²) >= 11 is 0. The molecule has 0 aromatic heterocycles. The molecule has 0 aliphatic rings. The average molecular weight is 258 g/mol. The highest BCUT2D eigenvalue weighted by atomic mass is 16.3. The van der Waals surface area contributed by atoms with Crippen LogP contribution in [0.5, 0.6) is 0 Å². The fourth-order valence-electron chi connectivity index (χ4n) is 2.29. The van der Waals surface area contributed by atoms with E-state index in [4.69, 9.17) is 5.11 Å². The maximum atomic E-state index is 9.68. The van der Waals surface area contributed by atoms with Gasteiger partial charge in [-0.2, -0.15) is 0 Å². The number of unbranched alkanes of at least 4 members (excludes halogenated alkanes) is 7. The predicted octanol–water partition coefficient (Wildman–Crippen LogP) is 4.43. The van der Waals surface area contributed by atoms with Crippen LogP contribution in [0.3, 0.4) is 0 Å². The summed E-state index contributed by atoms with van der Waals surface area (Å²) < 4.78 is 0. The molecule has 2 unspecified atom stereocenters. The second kappa shape index (κ2) is 13.4. The van der Waals surface area contributed by atoms with Gasteiger partial charge in [0, 0.05) is 0 Å². The average Bonchev–Trinajstić information content (AvgIpc) is 2.34. The van der Waals surface area contributed by atoms with Gasteiger partial charge in [-0.3, -0.25) is 0 Å². The maximum Gasteiger partial charge on any atom is 0.0540 e. The molecule has 0 aromatic carbocycles. The molecule has 0 aromatic rings. The molecule has 2 atom stereocenters. The Bertz CT molecular complexity index is 157. The summed E-state index contributed by atoms with van der Waals surface area (Å²) in [5.74, 6) is 0. The molecule has 0 saturated carbocycles. The lowest BCUT2D eigenvalue weighted by atomic mass is 10.0. The minimum absolute atomic E-state index is 0.0593. The van der Waals surface area contributed by atoms with Crippen LogP contribution in [0.15, 0.2) is 0 Å². The summed E-state index contributed by atoms with van der Waals surface area (Å²) in [6.07, 6.45) is 13.8. The van der Waals surface area contributed by atoms with Crippen molar-refractivity contribution in [3.63, 3.8) is 0 Å². The highest BCUT2D eigenvalue weighted by Crippen LogP contribution is 2.13. The van der Waals surface area contributed by atoms with Crippen LogP contribution >= 0.6 is 0 Å². The minimum atomic E-state index is -0.130. The Balaban J connectivity index is 3.07. The van der Waals surface area contributed by atoms with Crippen molar-refractivity contribution in [1.29, 1.82) is 0 Å². The zero-order valence-corrected chi connectivity index (χ0v) is 12.5. The lowest BCUT2D eigenvalue weighted by molar-refractivity contribution is 0.148. The predicted molar refractivity (Wildman–Crippen MR) is 78.8 cm³/mol. The van der Waals surface area contributed by atoms with Crippen LogP contribution in [0.25, 0.3) is 0 Å². The van der Waals surface area contributed by atoms with E-state index >= 15 is 0 Å². The number of hydrogen-bond acceptors (Lipinski definition) is 2. The Labute approximate surface area is 114 Å². The molecule has 2 heteroatoms. The van der Waals surface area contributed by atoms with E-state index in [0.717, 1.165) is 32.1 Å². The summed E-state index contributed by atoms with van der Waals surface area (Å²) in [7, 11) is 0. The smallest absolute Gasteiger partial charge is 0.0540 e. The largest absolute Gasteiger partial charge is 0.393 e. The van der Waals surface area contributed by atoms with Crippen molar-refractivity contribution in [2.75, 3.05) is 0 Å². The number of rotatable bonds is 13. The monoisotopic (exact) mass is 258 g/mol. The van der Waals surface area contributed by atoms with Gasteiger partial charge in [0.25, 0.3) is 0 Å². The van der Waals surface area contributed by atoms with E-state index in [-0.39, 0.29) is 12.2 Å². The van der Waals surface area contributed by atoms with E-state index in [2.05, 4.69) is 6.92 Å². The molecule has 2 N–H and O–H groups in total. The van der Waals surface area contributed by atoms with Gasteiger partial charge in [0.1, 0.15) is 0 Å². The molecule has 0 bridgehead atoms. The molecule has 0 fully saturated rings. The van der Waals surface area contributed by atoms with Crippen molar-refractivity contribution >= 4 is 0 Å². The molecule has 0 heterocycles. The lowest BCUT2D eigenvalue weighted by Crippen LogP contribution is -2.05. The van der Waals surface area contributed by atoms with Crippen molar-refractivity contribution in [1.82, 2.24) is 0 Å². The molecule has 18 heavy (non-hydrogen) atoms. The summed E-state index contributed by atoms with van der Waals surface area (Å²) in [4.78, 5) is 0. The second-order valence-corrected chi connectivity index (χ2v) is 5.70. The first-order valence-corrected chi connectivity index (χ1v) is 8.03. The zero-order valence-electron chi connectivity index (χ0n) is 12.5. The molecule has 0 saturated heterocycles. The SMILES string of the molecule is CCCCC(O)CCCCCCCCCC(C)O. The van der Waals surface area contributed by atoms with E-state index in [0.29, 0.717) is 0 Å². The highest BCUT2D eigenvalue weighted by molar-refractivity contribution is 4.56. The number of aliphatic hydroxyl groups excluding tert-OH is 2. The molecule has 0 rings (SSSR count). The summed E-state index contributed by atoms with van der Waals surface area (Å²) in [5.41, 5.74) is 0. The summed E-state index contributed by atoms with van der Waals surface area (Å²) in [5, 5.41) is 18.8. The fraction of sp³-hybridized carbons (Fsp3) is 1.00. The molecule has 0 aliphatic heterocycles. The molecular formula is C16H34O2. The number of aliphatic hydroxyl groups is 2. The van der Waals surface area contributed by atoms with Gasteiger partial charge in [0.05, 0.1) is 12.2 Å². The van der Waals surface area contributed by atoms with Crippen LogP contribution in [-0.4, -0.2) is 22.4 Å². The van der Waals surface area contributed by atoms with Crippen LogP contribution in [0.4, 0.5) is 0 Å². The van der Waals surface area contributed by atoms with E-state index in [1.807, 2.05) is 6.92 Å². The van der Waals surface area contributed by atoms with Crippen molar-refractivity contribution in [2.45, 2.75) is 103 Å². The van der Waals surface area contributed by atoms with Gasteiger partial charge in [0.2, 0.25) is 0 Å². The lowest BCUT2D eigenvalue weighted by Gasteiger charge is -2.09.